The molecule has 1 aromatic heterocycles. The fourth-order valence-electron chi connectivity index (χ4n) is 3.36. The van der Waals surface area contributed by atoms with Gasteiger partial charge in [0.2, 0.25) is 11.7 Å². The number of benzene rings is 2. The van der Waals surface area contributed by atoms with Gasteiger partial charge in [-0.2, -0.15) is 4.98 Å². The number of piperazine rings is 1. The fraction of sp³-hybridized carbons (Fsp3) is 0.333. The molecule has 0 radical (unpaired) electrons. The van der Waals surface area contributed by atoms with Crippen LogP contribution in [0.4, 0.5) is 5.69 Å². The van der Waals surface area contributed by atoms with E-state index in [1.165, 1.54) is 5.69 Å². The van der Waals surface area contributed by atoms with Crippen LogP contribution in [0.25, 0.3) is 11.4 Å². The van der Waals surface area contributed by atoms with Crippen LogP contribution >= 0.6 is 0 Å². The number of hydrogen-bond acceptors (Lipinski definition) is 7. The number of ether oxygens (including phenoxy) is 2. The van der Waals surface area contributed by atoms with Crippen LogP contribution in [0.2, 0.25) is 0 Å². The van der Waals surface area contributed by atoms with E-state index in [0.717, 1.165) is 43.2 Å². The highest BCUT2D eigenvalue weighted by molar-refractivity contribution is 5.56. The van der Waals surface area contributed by atoms with Crippen molar-refractivity contribution in [3.63, 3.8) is 0 Å². The first kappa shape index (κ1) is 18.3. The lowest BCUT2D eigenvalue weighted by Crippen LogP contribution is -2.46. The van der Waals surface area contributed by atoms with Crippen molar-refractivity contribution in [1.82, 2.24) is 15.0 Å². The van der Waals surface area contributed by atoms with E-state index in [1.54, 1.807) is 14.2 Å². The molecule has 0 N–H and O–H groups in total. The number of hydrogen-bond donors (Lipinski definition) is 0. The van der Waals surface area contributed by atoms with Crippen molar-refractivity contribution in [2.75, 3.05) is 45.3 Å². The maximum Gasteiger partial charge on any atom is 0.241 e. The number of anilines is 1. The van der Waals surface area contributed by atoms with E-state index in [0.29, 0.717) is 18.3 Å². The summed E-state index contributed by atoms with van der Waals surface area (Å²) in [4.78, 5) is 9.25. The van der Waals surface area contributed by atoms with Gasteiger partial charge in [-0.25, -0.2) is 0 Å². The first-order valence-corrected chi connectivity index (χ1v) is 9.33. The summed E-state index contributed by atoms with van der Waals surface area (Å²) in [6, 6.07) is 15.9. The Morgan fingerprint density at radius 1 is 0.929 bits per heavy atom. The molecule has 4 rings (SSSR count). The standard InChI is InChI=1S/C21H24N4O3/c1-26-18-7-3-5-16(13-18)21-22-20(28-23-21)15-24-9-11-25(12-10-24)17-6-4-8-19(14-17)27-2/h3-8,13-14H,9-12,15H2,1-2H3. The van der Waals surface area contributed by atoms with Gasteiger partial charge in [0.25, 0.3) is 0 Å². The van der Waals surface area contributed by atoms with Crippen LogP contribution in [0.5, 0.6) is 11.5 Å². The molecule has 0 atom stereocenters. The van der Waals surface area contributed by atoms with E-state index >= 15 is 0 Å². The van der Waals surface area contributed by atoms with Crippen molar-refractivity contribution in [2.24, 2.45) is 0 Å². The predicted octanol–water partition coefficient (Wildman–Crippen LogP) is 3.08. The predicted molar refractivity (Wildman–Crippen MR) is 107 cm³/mol. The molecule has 0 aliphatic carbocycles. The molecule has 0 saturated carbocycles. The molecule has 1 saturated heterocycles. The van der Waals surface area contributed by atoms with E-state index in [4.69, 9.17) is 14.0 Å². The molecule has 0 unspecified atom stereocenters. The van der Waals surface area contributed by atoms with Crippen LogP contribution < -0.4 is 14.4 Å². The molecule has 1 aliphatic heterocycles. The van der Waals surface area contributed by atoms with Crippen molar-refractivity contribution >= 4 is 5.69 Å². The molecule has 2 heterocycles. The second kappa shape index (κ2) is 8.31. The number of rotatable bonds is 6. The van der Waals surface area contributed by atoms with E-state index in [1.807, 2.05) is 36.4 Å². The molecule has 1 aliphatic rings. The van der Waals surface area contributed by atoms with Crippen molar-refractivity contribution in [1.29, 1.82) is 0 Å². The number of nitrogens with zero attached hydrogens (tertiary/aromatic N) is 4. The monoisotopic (exact) mass is 380 g/mol. The minimum atomic E-state index is 0.587. The largest absolute Gasteiger partial charge is 0.497 e. The summed E-state index contributed by atoms with van der Waals surface area (Å²) in [5.41, 5.74) is 2.08. The fourth-order valence-corrected chi connectivity index (χ4v) is 3.36. The van der Waals surface area contributed by atoms with Crippen molar-refractivity contribution in [3.8, 4) is 22.9 Å². The third kappa shape index (κ3) is 4.09. The molecule has 2 aromatic carbocycles. The molecule has 146 valence electrons. The molecule has 0 amide bonds. The third-order valence-electron chi connectivity index (χ3n) is 4.95. The van der Waals surface area contributed by atoms with Gasteiger partial charge < -0.3 is 18.9 Å². The van der Waals surface area contributed by atoms with Crippen molar-refractivity contribution in [2.45, 2.75) is 6.54 Å². The molecule has 0 spiro atoms. The lowest BCUT2D eigenvalue weighted by Gasteiger charge is -2.35. The van der Waals surface area contributed by atoms with Gasteiger partial charge in [-0.3, -0.25) is 4.90 Å². The molecule has 0 bridgehead atoms. The van der Waals surface area contributed by atoms with E-state index < -0.39 is 0 Å². The first-order chi connectivity index (χ1) is 13.7. The zero-order valence-electron chi connectivity index (χ0n) is 16.2. The van der Waals surface area contributed by atoms with Crippen LogP contribution in [-0.2, 0) is 6.54 Å². The molecule has 7 heteroatoms. The Hall–Kier alpha value is -3.06. The highest BCUT2D eigenvalue weighted by atomic mass is 16.5. The van der Waals surface area contributed by atoms with Crippen LogP contribution in [-0.4, -0.2) is 55.4 Å². The Morgan fingerprint density at radius 2 is 1.64 bits per heavy atom. The van der Waals surface area contributed by atoms with Crippen LogP contribution in [0.15, 0.2) is 53.1 Å². The average Bonchev–Trinajstić information content (AvgIpc) is 3.23. The minimum Gasteiger partial charge on any atom is -0.497 e. The quantitative estimate of drug-likeness (QED) is 0.651. The Morgan fingerprint density at radius 3 is 2.39 bits per heavy atom. The van der Waals surface area contributed by atoms with Crippen LogP contribution in [0, 0.1) is 0 Å². The van der Waals surface area contributed by atoms with Gasteiger partial charge >= 0.3 is 0 Å². The number of methoxy groups -OCH3 is 2. The summed E-state index contributed by atoms with van der Waals surface area (Å²) >= 11 is 0. The Balaban J connectivity index is 1.35. The van der Waals surface area contributed by atoms with Crippen LogP contribution in [0.3, 0.4) is 0 Å². The summed E-state index contributed by atoms with van der Waals surface area (Å²) in [6.45, 7) is 4.43. The first-order valence-electron chi connectivity index (χ1n) is 9.33. The highest BCUT2D eigenvalue weighted by Crippen LogP contribution is 2.24. The van der Waals surface area contributed by atoms with E-state index in [2.05, 4.69) is 32.1 Å². The molecule has 28 heavy (non-hydrogen) atoms. The Kier molecular flexibility index (Phi) is 5.43. The van der Waals surface area contributed by atoms with E-state index in [9.17, 15) is 0 Å². The topological polar surface area (TPSA) is 63.9 Å². The van der Waals surface area contributed by atoms with Crippen LogP contribution in [0.1, 0.15) is 5.89 Å². The Bertz CT molecular complexity index is 919. The van der Waals surface area contributed by atoms with Gasteiger partial charge in [-0.05, 0) is 24.3 Å². The van der Waals surface area contributed by atoms with Gasteiger partial charge in [0.05, 0.1) is 20.8 Å². The minimum absolute atomic E-state index is 0.587. The normalized spacial score (nSPS) is 14.9. The average molecular weight is 380 g/mol. The van der Waals surface area contributed by atoms with Crippen molar-refractivity contribution in [3.05, 3.63) is 54.4 Å². The maximum absolute atomic E-state index is 5.46. The molecule has 3 aromatic rings. The summed E-state index contributed by atoms with van der Waals surface area (Å²) in [7, 11) is 3.34. The number of aromatic nitrogens is 2. The van der Waals surface area contributed by atoms with Gasteiger partial charge in [-0.1, -0.05) is 23.4 Å². The van der Waals surface area contributed by atoms with Crippen molar-refractivity contribution < 1.29 is 14.0 Å². The summed E-state index contributed by atoms with van der Waals surface area (Å²) < 4.78 is 16.0. The zero-order chi connectivity index (χ0) is 19.3. The highest BCUT2D eigenvalue weighted by Gasteiger charge is 2.20. The van der Waals surface area contributed by atoms with Gasteiger partial charge in [0.15, 0.2) is 0 Å². The SMILES string of the molecule is COc1cccc(-c2noc(CN3CCN(c4cccc(OC)c4)CC3)n2)c1. The van der Waals surface area contributed by atoms with E-state index in [-0.39, 0.29) is 0 Å². The molecular weight excluding hydrogens is 356 g/mol. The van der Waals surface area contributed by atoms with Gasteiger partial charge in [-0.15, -0.1) is 0 Å². The summed E-state index contributed by atoms with van der Waals surface area (Å²) in [6.07, 6.45) is 0. The van der Waals surface area contributed by atoms with Gasteiger partial charge in [0.1, 0.15) is 11.5 Å². The second-order valence-corrected chi connectivity index (χ2v) is 6.71. The maximum atomic E-state index is 5.46. The molecular formula is C21H24N4O3. The van der Waals surface area contributed by atoms with Gasteiger partial charge in [0, 0.05) is 43.5 Å². The zero-order valence-corrected chi connectivity index (χ0v) is 16.2. The Labute approximate surface area is 164 Å². The summed E-state index contributed by atoms with van der Waals surface area (Å²) in [5.74, 6) is 2.88. The lowest BCUT2D eigenvalue weighted by molar-refractivity contribution is 0.215. The molecule has 1 fully saturated rings. The third-order valence-corrected chi connectivity index (χ3v) is 4.95. The second-order valence-electron chi connectivity index (χ2n) is 6.71. The molecule has 7 nitrogen and oxygen atoms in total. The smallest absolute Gasteiger partial charge is 0.241 e. The summed E-state index contributed by atoms with van der Waals surface area (Å²) in [5, 5.41) is 4.12. The lowest BCUT2D eigenvalue weighted by atomic mass is 10.2.